The average molecular weight is 220 g/mol. The summed E-state index contributed by atoms with van der Waals surface area (Å²) in [5, 5.41) is 10.8. The molecule has 2 rings (SSSR count). The maximum atomic E-state index is 10.8. The average Bonchev–Trinajstić information content (AvgIpc) is 2.43. The minimum atomic E-state index is -0.751. The summed E-state index contributed by atoms with van der Waals surface area (Å²) in [4.78, 5) is 4.11. The molecule has 1 heterocycles. The van der Waals surface area contributed by atoms with Crippen LogP contribution >= 0.6 is 0 Å². The number of nitrogens with two attached hydrogens (primary N) is 1. The van der Waals surface area contributed by atoms with Gasteiger partial charge in [-0.05, 0) is 31.4 Å². The van der Waals surface area contributed by atoms with Gasteiger partial charge in [0.25, 0.3) is 0 Å². The number of aryl methyl sites for hydroxylation is 1. The van der Waals surface area contributed by atoms with E-state index in [0.717, 1.165) is 36.8 Å². The Bertz CT molecular complexity index is 348. The van der Waals surface area contributed by atoms with Gasteiger partial charge in [0.15, 0.2) is 0 Å². The molecule has 0 radical (unpaired) electrons. The van der Waals surface area contributed by atoms with Crippen molar-refractivity contribution >= 4 is 5.82 Å². The van der Waals surface area contributed by atoms with Gasteiger partial charge >= 0.3 is 0 Å². The van der Waals surface area contributed by atoms with Gasteiger partial charge in [-0.1, -0.05) is 25.7 Å². The van der Waals surface area contributed by atoms with Gasteiger partial charge in [-0.15, -0.1) is 0 Å². The second-order valence-electron chi connectivity index (χ2n) is 4.83. The zero-order chi connectivity index (χ0) is 11.6. The monoisotopic (exact) mass is 220 g/mol. The molecule has 1 aromatic heterocycles. The molecule has 0 aliphatic heterocycles. The Hall–Kier alpha value is -1.09. The highest BCUT2D eigenvalue weighted by molar-refractivity contribution is 5.47. The van der Waals surface area contributed by atoms with Crippen molar-refractivity contribution in [2.45, 2.75) is 51.0 Å². The van der Waals surface area contributed by atoms with E-state index in [1.54, 1.807) is 6.20 Å². The van der Waals surface area contributed by atoms with Crippen LogP contribution in [0.2, 0.25) is 0 Å². The summed E-state index contributed by atoms with van der Waals surface area (Å²) in [5.74, 6) is 0.490. The van der Waals surface area contributed by atoms with Gasteiger partial charge in [-0.2, -0.15) is 0 Å². The minimum Gasteiger partial charge on any atom is -0.385 e. The van der Waals surface area contributed by atoms with Gasteiger partial charge in [0.1, 0.15) is 5.82 Å². The fraction of sp³-hybridized carbons (Fsp3) is 0.615. The standard InChI is InChI=1S/C13H20N2O/c1-10-6-9-15-12(14)11(10)13(16)7-4-2-3-5-8-13/h6,9,16H,2-5,7-8H2,1H3,(H2,14,15). The van der Waals surface area contributed by atoms with E-state index in [-0.39, 0.29) is 0 Å². The molecule has 0 spiro atoms. The zero-order valence-corrected chi connectivity index (χ0v) is 9.87. The maximum Gasteiger partial charge on any atom is 0.129 e. The minimum absolute atomic E-state index is 0.490. The van der Waals surface area contributed by atoms with E-state index in [1.807, 2.05) is 13.0 Å². The molecule has 3 N–H and O–H groups in total. The van der Waals surface area contributed by atoms with Crippen LogP contribution < -0.4 is 5.73 Å². The second kappa shape index (κ2) is 4.42. The van der Waals surface area contributed by atoms with Crippen LogP contribution in [0.4, 0.5) is 5.82 Å². The largest absolute Gasteiger partial charge is 0.385 e. The summed E-state index contributed by atoms with van der Waals surface area (Å²) in [5.41, 5.74) is 7.08. The van der Waals surface area contributed by atoms with Gasteiger partial charge in [0.05, 0.1) is 5.60 Å². The summed E-state index contributed by atoms with van der Waals surface area (Å²) in [7, 11) is 0. The summed E-state index contributed by atoms with van der Waals surface area (Å²) in [6, 6.07) is 1.93. The number of hydrogen-bond acceptors (Lipinski definition) is 3. The number of nitrogens with zero attached hydrogens (tertiary/aromatic N) is 1. The molecular formula is C13H20N2O. The summed E-state index contributed by atoms with van der Waals surface area (Å²) in [6.45, 7) is 2.00. The third-order valence-corrected chi connectivity index (χ3v) is 3.58. The topological polar surface area (TPSA) is 59.1 Å². The van der Waals surface area contributed by atoms with E-state index in [4.69, 9.17) is 5.73 Å². The molecule has 88 valence electrons. The molecular weight excluding hydrogens is 200 g/mol. The number of aromatic nitrogens is 1. The van der Waals surface area contributed by atoms with Gasteiger partial charge in [0, 0.05) is 11.8 Å². The lowest BCUT2D eigenvalue weighted by Gasteiger charge is -2.29. The van der Waals surface area contributed by atoms with Crippen LogP contribution in [-0.2, 0) is 5.60 Å². The predicted octanol–water partition coefficient (Wildman–Crippen LogP) is 2.51. The normalized spacial score (nSPS) is 20.4. The molecule has 1 fully saturated rings. The molecule has 1 aliphatic carbocycles. The Morgan fingerprint density at radius 1 is 1.25 bits per heavy atom. The molecule has 3 nitrogen and oxygen atoms in total. The van der Waals surface area contributed by atoms with Crippen LogP contribution in [0.25, 0.3) is 0 Å². The smallest absolute Gasteiger partial charge is 0.129 e. The highest BCUT2D eigenvalue weighted by Gasteiger charge is 2.33. The second-order valence-corrected chi connectivity index (χ2v) is 4.83. The molecule has 0 aromatic carbocycles. The van der Waals surface area contributed by atoms with E-state index in [1.165, 1.54) is 12.8 Å². The first kappa shape index (κ1) is 11.4. The van der Waals surface area contributed by atoms with Crippen molar-refractivity contribution in [1.82, 2.24) is 4.98 Å². The number of aliphatic hydroxyl groups is 1. The van der Waals surface area contributed by atoms with Crippen LogP contribution in [0.15, 0.2) is 12.3 Å². The van der Waals surface area contributed by atoms with Crippen LogP contribution in [0, 0.1) is 6.92 Å². The van der Waals surface area contributed by atoms with E-state index in [9.17, 15) is 5.11 Å². The number of anilines is 1. The van der Waals surface area contributed by atoms with Crippen molar-refractivity contribution in [3.8, 4) is 0 Å². The van der Waals surface area contributed by atoms with Crippen LogP contribution in [0.1, 0.15) is 49.7 Å². The van der Waals surface area contributed by atoms with Gasteiger partial charge in [-0.3, -0.25) is 0 Å². The van der Waals surface area contributed by atoms with Crippen molar-refractivity contribution in [2.75, 3.05) is 5.73 Å². The molecule has 0 unspecified atom stereocenters. The van der Waals surface area contributed by atoms with E-state index < -0.39 is 5.60 Å². The van der Waals surface area contributed by atoms with E-state index >= 15 is 0 Å². The maximum absolute atomic E-state index is 10.8. The lowest BCUT2D eigenvalue weighted by Crippen LogP contribution is -2.27. The quantitative estimate of drug-likeness (QED) is 0.715. The highest BCUT2D eigenvalue weighted by atomic mass is 16.3. The Kier molecular flexibility index (Phi) is 3.15. The molecule has 0 bridgehead atoms. The SMILES string of the molecule is Cc1ccnc(N)c1C1(O)CCCCCC1. The Balaban J connectivity index is 2.40. The molecule has 1 aromatic rings. The molecule has 16 heavy (non-hydrogen) atoms. The lowest BCUT2D eigenvalue weighted by molar-refractivity contribution is 0.0206. The fourth-order valence-corrected chi connectivity index (χ4v) is 2.75. The Morgan fingerprint density at radius 3 is 2.44 bits per heavy atom. The Labute approximate surface area is 96.7 Å². The van der Waals surface area contributed by atoms with Crippen molar-refractivity contribution in [3.05, 3.63) is 23.4 Å². The summed E-state index contributed by atoms with van der Waals surface area (Å²) >= 11 is 0. The predicted molar refractivity (Wildman–Crippen MR) is 65.0 cm³/mol. The van der Waals surface area contributed by atoms with Crippen LogP contribution in [0.5, 0.6) is 0 Å². The third-order valence-electron chi connectivity index (χ3n) is 3.58. The molecule has 0 atom stereocenters. The fourth-order valence-electron chi connectivity index (χ4n) is 2.75. The van der Waals surface area contributed by atoms with Crippen molar-refractivity contribution in [2.24, 2.45) is 0 Å². The molecule has 3 heteroatoms. The van der Waals surface area contributed by atoms with Crippen molar-refractivity contribution in [3.63, 3.8) is 0 Å². The van der Waals surface area contributed by atoms with E-state index in [2.05, 4.69) is 4.98 Å². The number of nitrogen functional groups attached to an aromatic ring is 1. The first-order valence-corrected chi connectivity index (χ1v) is 6.07. The highest BCUT2D eigenvalue weighted by Crippen LogP contribution is 2.39. The first-order chi connectivity index (χ1) is 7.63. The molecule has 0 saturated heterocycles. The zero-order valence-electron chi connectivity index (χ0n) is 9.87. The summed E-state index contributed by atoms with van der Waals surface area (Å²) in [6.07, 6.45) is 7.89. The van der Waals surface area contributed by atoms with Gasteiger partial charge in [0.2, 0.25) is 0 Å². The van der Waals surface area contributed by atoms with Crippen LogP contribution in [0.3, 0.4) is 0 Å². The van der Waals surface area contributed by atoms with Gasteiger partial charge < -0.3 is 10.8 Å². The van der Waals surface area contributed by atoms with Crippen molar-refractivity contribution < 1.29 is 5.11 Å². The van der Waals surface area contributed by atoms with Gasteiger partial charge in [-0.25, -0.2) is 4.98 Å². The van der Waals surface area contributed by atoms with Crippen molar-refractivity contribution in [1.29, 1.82) is 0 Å². The lowest BCUT2D eigenvalue weighted by atomic mass is 9.84. The molecule has 0 amide bonds. The third kappa shape index (κ3) is 2.05. The van der Waals surface area contributed by atoms with Crippen LogP contribution in [-0.4, -0.2) is 10.1 Å². The summed E-state index contributed by atoms with van der Waals surface area (Å²) < 4.78 is 0. The van der Waals surface area contributed by atoms with E-state index in [0.29, 0.717) is 5.82 Å². The molecule has 1 aliphatic rings. The number of pyridine rings is 1. The molecule has 1 saturated carbocycles. The Morgan fingerprint density at radius 2 is 1.88 bits per heavy atom. The number of hydrogen-bond donors (Lipinski definition) is 2. The number of rotatable bonds is 1. The first-order valence-electron chi connectivity index (χ1n) is 6.07.